The van der Waals surface area contributed by atoms with Gasteiger partial charge in [0.2, 0.25) is 0 Å². The number of aromatic nitrogens is 1. The predicted molar refractivity (Wildman–Crippen MR) is 81.8 cm³/mol. The van der Waals surface area contributed by atoms with Crippen molar-refractivity contribution in [1.82, 2.24) is 10.3 Å². The molecule has 19 heavy (non-hydrogen) atoms. The first-order valence-electron chi connectivity index (χ1n) is 6.32. The number of nitrogens with one attached hydrogen (secondary N) is 1. The lowest BCUT2D eigenvalue weighted by Crippen LogP contribution is -2.21. The smallest absolute Gasteiger partial charge is 0.0982 e. The van der Waals surface area contributed by atoms with Gasteiger partial charge >= 0.3 is 0 Å². The number of aliphatic hydroxyl groups is 1. The van der Waals surface area contributed by atoms with E-state index >= 15 is 0 Å². The molecule has 0 spiro atoms. The van der Waals surface area contributed by atoms with Crippen LogP contribution in [0.1, 0.15) is 43.1 Å². The first-order chi connectivity index (χ1) is 8.97. The molecule has 2 rings (SSSR count). The Balaban J connectivity index is 1.81. The Morgan fingerprint density at radius 3 is 2.74 bits per heavy atom. The van der Waals surface area contributed by atoms with Gasteiger partial charge in [0.1, 0.15) is 0 Å². The molecule has 0 aliphatic heterocycles. The van der Waals surface area contributed by atoms with Crippen molar-refractivity contribution in [2.24, 2.45) is 0 Å². The zero-order valence-corrected chi connectivity index (χ0v) is 13.1. The van der Waals surface area contributed by atoms with Crippen molar-refractivity contribution in [3.05, 3.63) is 38.5 Å². The second kappa shape index (κ2) is 6.13. The van der Waals surface area contributed by atoms with Gasteiger partial charge < -0.3 is 10.4 Å². The van der Waals surface area contributed by atoms with Gasteiger partial charge in [0.25, 0.3) is 0 Å². The van der Waals surface area contributed by atoms with E-state index in [1.54, 1.807) is 22.7 Å². The van der Waals surface area contributed by atoms with E-state index in [2.05, 4.69) is 36.5 Å². The normalized spacial score (nSPS) is 13.7. The summed E-state index contributed by atoms with van der Waals surface area (Å²) in [4.78, 5) is 4.62. The molecule has 3 nitrogen and oxygen atoms in total. The van der Waals surface area contributed by atoms with Crippen molar-refractivity contribution in [1.29, 1.82) is 0 Å². The van der Waals surface area contributed by atoms with Crippen LogP contribution in [0.15, 0.2) is 22.2 Å². The van der Waals surface area contributed by atoms with Gasteiger partial charge in [-0.2, -0.15) is 11.3 Å². The van der Waals surface area contributed by atoms with Crippen LogP contribution < -0.4 is 5.32 Å². The van der Waals surface area contributed by atoms with Crippen molar-refractivity contribution in [2.75, 3.05) is 6.54 Å². The van der Waals surface area contributed by atoms with E-state index in [4.69, 9.17) is 0 Å². The standard InChI is InChI=1S/C14H20N2OS2/c1-14(2,3)13-16-11(9-19-13)6-15-7-12(17)10-4-5-18-8-10/h4-5,8-9,12,15,17H,6-7H2,1-3H3. The number of rotatable bonds is 5. The van der Waals surface area contributed by atoms with E-state index in [0.29, 0.717) is 13.1 Å². The largest absolute Gasteiger partial charge is 0.387 e. The molecular formula is C14H20N2OS2. The topological polar surface area (TPSA) is 45.2 Å². The molecule has 0 amide bonds. The Morgan fingerprint density at radius 2 is 2.16 bits per heavy atom. The van der Waals surface area contributed by atoms with Crippen LogP contribution in [0.5, 0.6) is 0 Å². The molecule has 2 aromatic heterocycles. The highest BCUT2D eigenvalue weighted by Gasteiger charge is 2.17. The predicted octanol–water partition coefficient (Wildman–Crippen LogP) is 3.33. The molecule has 2 aromatic rings. The molecule has 0 aromatic carbocycles. The molecule has 104 valence electrons. The Bertz CT molecular complexity index is 500. The maximum absolute atomic E-state index is 9.95. The molecule has 0 fully saturated rings. The zero-order valence-electron chi connectivity index (χ0n) is 11.5. The lowest BCUT2D eigenvalue weighted by molar-refractivity contribution is 0.174. The molecule has 0 bridgehead atoms. The molecule has 0 saturated heterocycles. The average molecular weight is 296 g/mol. The lowest BCUT2D eigenvalue weighted by Gasteiger charge is -2.13. The van der Waals surface area contributed by atoms with Crippen LogP contribution in [0, 0.1) is 0 Å². The van der Waals surface area contributed by atoms with E-state index in [-0.39, 0.29) is 5.41 Å². The summed E-state index contributed by atoms with van der Waals surface area (Å²) in [7, 11) is 0. The third-order valence-electron chi connectivity index (χ3n) is 2.77. The highest BCUT2D eigenvalue weighted by Crippen LogP contribution is 2.25. The monoisotopic (exact) mass is 296 g/mol. The highest BCUT2D eigenvalue weighted by atomic mass is 32.1. The van der Waals surface area contributed by atoms with Crippen LogP contribution in [0.25, 0.3) is 0 Å². The maximum Gasteiger partial charge on any atom is 0.0982 e. The van der Waals surface area contributed by atoms with Crippen molar-refractivity contribution in [3.8, 4) is 0 Å². The summed E-state index contributed by atoms with van der Waals surface area (Å²) < 4.78 is 0. The SMILES string of the molecule is CC(C)(C)c1nc(CNCC(O)c2ccsc2)cs1. The van der Waals surface area contributed by atoms with Gasteiger partial charge in [-0.15, -0.1) is 11.3 Å². The van der Waals surface area contributed by atoms with Crippen LogP contribution in [0.4, 0.5) is 0 Å². The number of nitrogens with zero attached hydrogens (tertiary/aromatic N) is 1. The zero-order chi connectivity index (χ0) is 13.9. The quantitative estimate of drug-likeness (QED) is 0.889. The first kappa shape index (κ1) is 14.7. The summed E-state index contributed by atoms with van der Waals surface area (Å²) in [6.45, 7) is 7.77. The molecule has 2 N–H and O–H groups in total. The summed E-state index contributed by atoms with van der Waals surface area (Å²) >= 11 is 3.31. The number of hydrogen-bond acceptors (Lipinski definition) is 5. The minimum atomic E-state index is -0.438. The minimum absolute atomic E-state index is 0.110. The molecule has 0 aliphatic rings. The first-order valence-corrected chi connectivity index (χ1v) is 8.15. The molecule has 1 unspecified atom stereocenters. The summed E-state index contributed by atoms with van der Waals surface area (Å²) in [5.41, 5.74) is 2.14. The number of thiophene rings is 1. The van der Waals surface area contributed by atoms with Crippen molar-refractivity contribution in [3.63, 3.8) is 0 Å². The summed E-state index contributed by atoms with van der Waals surface area (Å²) in [5.74, 6) is 0. The van der Waals surface area contributed by atoms with E-state index < -0.39 is 6.10 Å². The average Bonchev–Trinajstić information content (AvgIpc) is 2.99. The molecule has 1 atom stereocenters. The van der Waals surface area contributed by atoms with Crippen LogP contribution in [0.2, 0.25) is 0 Å². The van der Waals surface area contributed by atoms with Gasteiger partial charge in [0.05, 0.1) is 16.8 Å². The van der Waals surface area contributed by atoms with E-state index in [9.17, 15) is 5.11 Å². The molecule has 2 heterocycles. The molecule has 0 saturated carbocycles. The van der Waals surface area contributed by atoms with Gasteiger partial charge in [-0.1, -0.05) is 20.8 Å². The van der Waals surface area contributed by atoms with E-state index in [0.717, 1.165) is 16.3 Å². The summed E-state index contributed by atoms with van der Waals surface area (Å²) in [6.07, 6.45) is -0.438. The third kappa shape index (κ3) is 4.11. The second-order valence-corrected chi connectivity index (χ2v) is 7.24. The summed E-state index contributed by atoms with van der Waals surface area (Å²) in [6, 6.07) is 1.96. The van der Waals surface area contributed by atoms with Gasteiger partial charge in [0.15, 0.2) is 0 Å². The van der Waals surface area contributed by atoms with Gasteiger partial charge in [-0.3, -0.25) is 0 Å². The summed E-state index contributed by atoms with van der Waals surface area (Å²) in [5, 5.41) is 20.4. The van der Waals surface area contributed by atoms with E-state index in [1.807, 2.05) is 16.8 Å². The molecule has 5 heteroatoms. The van der Waals surface area contributed by atoms with Gasteiger partial charge in [-0.25, -0.2) is 4.98 Å². The Morgan fingerprint density at radius 1 is 1.37 bits per heavy atom. The lowest BCUT2D eigenvalue weighted by atomic mass is 9.98. The second-order valence-electron chi connectivity index (χ2n) is 5.60. The van der Waals surface area contributed by atoms with Crippen LogP contribution in [-0.4, -0.2) is 16.6 Å². The fraction of sp³-hybridized carbons (Fsp3) is 0.500. The van der Waals surface area contributed by atoms with Crippen LogP contribution >= 0.6 is 22.7 Å². The van der Waals surface area contributed by atoms with Gasteiger partial charge in [-0.05, 0) is 22.4 Å². The Labute approximate surface area is 122 Å². The molecular weight excluding hydrogens is 276 g/mol. The maximum atomic E-state index is 9.95. The highest BCUT2D eigenvalue weighted by molar-refractivity contribution is 7.09. The molecule has 0 aliphatic carbocycles. The van der Waals surface area contributed by atoms with Crippen LogP contribution in [0.3, 0.4) is 0 Å². The Kier molecular flexibility index (Phi) is 4.73. The third-order valence-corrected chi connectivity index (χ3v) is 4.78. The van der Waals surface area contributed by atoms with Crippen molar-refractivity contribution >= 4 is 22.7 Å². The van der Waals surface area contributed by atoms with Crippen LogP contribution in [-0.2, 0) is 12.0 Å². The molecule has 0 radical (unpaired) electrons. The minimum Gasteiger partial charge on any atom is -0.387 e. The fourth-order valence-corrected chi connectivity index (χ4v) is 3.27. The number of thiazole rings is 1. The van der Waals surface area contributed by atoms with Crippen molar-refractivity contribution < 1.29 is 5.11 Å². The van der Waals surface area contributed by atoms with E-state index in [1.165, 1.54) is 0 Å². The van der Waals surface area contributed by atoms with Crippen molar-refractivity contribution in [2.45, 2.75) is 38.8 Å². The van der Waals surface area contributed by atoms with Gasteiger partial charge in [0, 0.05) is 23.9 Å². The fourth-order valence-electron chi connectivity index (χ4n) is 1.65. The Hall–Kier alpha value is -0.750. The number of aliphatic hydroxyl groups excluding tert-OH is 1. The number of hydrogen-bond donors (Lipinski definition) is 2.